The van der Waals surface area contributed by atoms with Crippen molar-refractivity contribution >= 4 is 17.2 Å². The normalized spacial score (nSPS) is 11.2. The van der Waals surface area contributed by atoms with E-state index in [1.807, 2.05) is 20.8 Å². The van der Waals surface area contributed by atoms with Crippen molar-refractivity contribution in [2.24, 2.45) is 0 Å². The molecule has 0 aliphatic heterocycles. The van der Waals surface area contributed by atoms with E-state index in [4.69, 9.17) is 11.6 Å². The molecule has 0 amide bonds. The number of aromatic nitrogens is 3. The Balaban J connectivity index is 2.43. The van der Waals surface area contributed by atoms with E-state index in [1.165, 1.54) is 6.07 Å². The lowest BCUT2D eigenvalue weighted by atomic mass is 10.1. The van der Waals surface area contributed by atoms with E-state index in [1.54, 1.807) is 22.7 Å². The van der Waals surface area contributed by atoms with Crippen LogP contribution in [0.2, 0.25) is 5.15 Å². The molecule has 102 valence electrons. The van der Waals surface area contributed by atoms with Crippen molar-refractivity contribution in [2.45, 2.75) is 20.8 Å². The van der Waals surface area contributed by atoms with Crippen molar-refractivity contribution in [3.05, 3.63) is 52.2 Å². The zero-order valence-electron chi connectivity index (χ0n) is 11.4. The van der Waals surface area contributed by atoms with Crippen LogP contribution in [0.3, 0.4) is 0 Å². The Morgan fingerprint density at radius 3 is 2.50 bits per heavy atom. The SMILES string of the molecule is Cc1nc2c(-c3ccccc3F)c(C)nn2c(Cl)c1C. The summed E-state index contributed by atoms with van der Waals surface area (Å²) in [6, 6.07) is 6.62. The Labute approximate surface area is 121 Å². The van der Waals surface area contributed by atoms with Gasteiger partial charge in [-0.3, -0.25) is 0 Å². The first-order valence-corrected chi connectivity index (χ1v) is 6.65. The van der Waals surface area contributed by atoms with Crippen LogP contribution in [0.1, 0.15) is 17.0 Å². The summed E-state index contributed by atoms with van der Waals surface area (Å²) in [4.78, 5) is 4.52. The van der Waals surface area contributed by atoms with E-state index in [0.29, 0.717) is 27.6 Å². The van der Waals surface area contributed by atoms with Gasteiger partial charge >= 0.3 is 0 Å². The van der Waals surface area contributed by atoms with Crippen molar-refractivity contribution in [3.63, 3.8) is 0 Å². The highest BCUT2D eigenvalue weighted by atomic mass is 35.5. The maximum Gasteiger partial charge on any atom is 0.165 e. The fourth-order valence-electron chi connectivity index (χ4n) is 2.29. The lowest BCUT2D eigenvalue weighted by Crippen LogP contribution is -1.99. The molecule has 3 rings (SSSR count). The van der Waals surface area contributed by atoms with Crippen LogP contribution >= 0.6 is 11.6 Å². The van der Waals surface area contributed by atoms with Crippen LogP contribution in [0.15, 0.2) is 24.3 Å². The van der Waals surface area contributed by atoms with Gasteiger partial charge in [-0.2, -0.15) is 5.10 Å². The van der Waals surface area contributed by atoms with Crippen LogP contribution in [0.5, 0.6) is 0 Å². The summed E-state index contributed by atoms with van der Waals surface area (Å²) in [6.45, 7) is 5.61. The molecule has 3 aromatic rings. The van der Waals surface area contributed by atoms with Crippen LogP contribution in [0, 0.1) is 26.6 Å². The molecular formula is C15H13ClFN3. The molecule has 0 saturated carbocycles. The van der Waals surface area contributed by atoms with Gasteiger partial charge in [-0.15, -0.1) is 0 Å². The lowest BCUT2D eigenvalue weighted by Gasteiger charge is -2.06. The number of benzene rings is 1. The second-order valence-corrected chi connectivity index (χ2v) is 5.15. The van der Waals surface area contributed by atoms with Gasteiger partial charge in [0.1, 0.15) is 11.0 Å². The summed E-state index contributed by atoms with van der Waals surface area (Å²) in [6.07, 6.45) is 0. The molecule has 0 aliphatic rings. The Morgan fingerprint density at radius 1 is 1.10 bits per heavy atom. The van der Waals surface area contributed by atoms with Gasteiger partial charge in [-0.25, -0.2) is 13.9 Å². The van der Waals surface area contributed by atoms with Crippen molar-refractivity contribution in [1.29, 1.82) is 0 Å². The predicted molar refractivity (Wildman–Crippen MR) is 77.6 cm³/mol. The van der Waals surface area contributed by atoms with E-state index in [2.05, 4.69) is 10.1 Å². The third-order valence-electron chi connectivity index (χ3n) is 3.49. The number of hydrogen-bond acceptors (Lipinski definition) is 2. The molecular weight excluding hydrogens is 277 g/mol. The van der Waals surface area contributed by atoms with Crippen molar-refractivity contribution in [3.8, 4) is 11.1 Å². The van der Waals surface area contributed by atoms with Gasteiger partial charge in [0.05, 0.1) is 11.3 Å². The molecule has 2 heterocycles. The number of hydrogen-bond donors (Lipinski definition) is 0. The minimum atomic E-state index is -0.290. The standard InChI is InChI=1S/C15H13ClFN3/c1-8-9(2)18-15-13(10(3)19-20(15)14(8)16)11-6-4-5-7-12(11)17/h4-7H,1-3H3. The molecule has 0 aliphatic carbocycles. The fourth-order valence-corrected chi connectivity index (χ4v) is 2.54. The van der Waals surface area contributed by atoms with Gasteiger partial charge in [0.2, 0.25) is 0 Å². The highest BCUT2D eigenvalue weighted by Gasteiger charge is 2.19. The third kappa shape index (κ3) is 1.79. The molecule has 0 spiro atoms. The first-order valence-electron chi connectivity index (χ1n) is 6.27. The van der Waals surface area contributed by atoms with Crippen molar-refractivity contribution in [1.82, 2.24) is 14.6 Å². The summed E-state index contributed by atoms with van der Waals surface area (Å²) < 4.78 is 15.6. The third-order valence-corrected chi connectivity index (χ3v) is 3.93. The van der Waals surface area contributed by atoms with E-state index < -0.39 is 0 Å². The van der Waals surface area contributed by atoms with E-state index in [9.17, 15) is 4.39 Å². The Morgan fingerprint density at radius 2 is 1.80 bits per heavy atom. The highest BCUT2D eigenvalue weighted by Crippen LogP contribution is 2.31. The molecule has 2 aromatic heterocycles. The minimum Gasteiger partial charge on any atom is -0.233 e. The average molecular weight is 290 g/mol. The van der Waals surface area contributed by atoms with Crippen LogP contribution in [0.25, 0.3) is 16.8 Å². The molecule has 0 radical (unpaired) electrons. The van der Waals surface area contributed by atoms with E-state index in [0.717, 1.165) is 11.3 Å². The smallest absolute Gasteiger partial charge is 0.165 e. The largest absolute Gasteiger partial charge is 0.233 e. The fraction of sp³-hybridized carbons (Fsp3) is 0.200. The average Bonchev–Trinajstić information content (AvgIpc) is 2.74. The summed E-state index contributed by atoms with van der Waals surface area (Å²) in [5, 5.41) is 4.90. The number of fused-ring (bicyclic) bond motifs is 1. The number of halogens is 2. The monoisotopic (exact) mass is 289 g/mol. The van der Waals surface area contributed by atoms with Crippen LogP contribution in [0.4, 0.5) is 4.39 Å². The molecule has 0 N–H and O–H groups in total. The summed E-state index contributed by atoms with van der Waals surface area (Å²) >= 11 is 6.31. The second kappa shape index (κ2) is 4.56. The zero-order chi connectivity index (χ0) is 14.4. The molecule has 0 fully saturated rings. The molecule has 0 saturated heterocycles. The van der Waals surface area contributed by atoms with Gasteiger partial charge in [-0.1, -0.05) is 29.8 Å². The number of aryl methyl sites for hydroxylation is 2. The van der Waals surface area contributed by atoms with Gasteiger partial charge in [0, 0.05) is 16.8 Å². The molecule has 0 unspecified atom stereocenters. The van der Waals surface area contributed by atoms with Crippen molar-refractivity contribution < 1.29 is 4.39 Å². The molecule has 5 heteroatoms. The summed E-state index contributed by atoms with van der Waals surface area (Å²) in [5.74, 6) is -0.290. The summed E-state index contributed by atoms with van der Waals surface area (Å²) in [5.41, 5.74) is 4.16. The maximum atomic E-state index is 14.0. The number of nitrogens with zero attached hydrogens (tertiary/aromatic N) is 3. The molecule has 20 heavy (non-hydrogen) atoms. The molecule has 1 aromatic carbocycles. The van der Waals surface area contributed by atoms with Gasteiger partial charge < -0.3 is 0 Å². The Kier molecular flexibility index (Phi) is 2.98. The molecule has 0 bridgehead atoms. The molecule has 0 atom stereocenters. The quantitative estimate of drug-likeness (QED) is 0.631. The highest BCUT2D eigenvalue weighted by molar-refractivity contribution is 6.30. The summed E-state index contributed by atoms with van der Waals surface area (Å²) in [7, 11) is 0. The lowest BCUT2D eigenvalue weighted by molar-refractivity contribution is 0.631. The Hall–Kier alpha value is -1.94. The van der Waals surface area contributed by atoms with Gasteiger partial charge in [0.15, 0.2) is 5.65 Å². The maximum absolute atomic E-state index is 14.0. The van der Waals surface area contributed by atoms with Gasteiger partial charge in [-0.05, 0) is 26.8 Å². The number of rotatable bonds is 1. The van der Waals surface area contributed by atoms with Crippen LogP contribution in [-0.2, 0) is 0 Å². The first kappa shape index (κ1) is 13.1. The van der Waals surface area contributed by atoms with Gasteiger partial charge in [0.25, 0.3) is 0 Å². The van der Waals surface area contributed by atoms with Crippen LogP contribution < -0.4 is 0 Å². The molecule has 3 nitrogen and oxygen atoms in total. The minimum absolute atomic E-state index is 0.290. The first-order chi connectivity index (χ1) is 9.50. The van der Waals surface area contributed by atoms with E-state index in [-0.39, 0.29) is 5.82 Å². The van der Waals surface area contributed by atoms with E-state index >= 15 is 0 Å². The predicted octanol–water partition coefficient (Wildman–Crippen LogP) is 4.11. The zero-order valence-corrected chi connectivity index (χ0v) is 12.2. The van der Waals surface area contributed by atoms with Crippen molar-refractivity contribution in [2.75, 3.05) is 0 Å². The Bertz CT molecular complexity index is 824. The second-order valence-electron chi connectivity index (χ2n) is 4.79. The topological polar surface area (TPSA) is 30.2 Å². The van der Waals surface area contributed by atoms with Crippen LogP contribution in [-0.4, -0.2) is 14.6 Å².